The number of aromatic nitrogens is 4. The number of nitrogens with one attached hydrogen (secondary N) is 3. The molecule has 25 heavy (non-hydrogen) atoms. The van der Waals surface area contributed by atoms with Crippen molar-refractivity contribution in [2.75, 3.05) is 36.9 Å². The number of hydrogen-bond donors (Lipinski definition) is 3. The van der Waals surface area contributed by atoms with E-state index < -0.39 is 0 Å². The summed E-state index contributed by atoms with van der Waals surface area (Å²) >= 11 is 0. The SMILES string of the molecule is CCc1nnc(Nc2cnc(C#N)cn2)cc1NCC1CNCCO1. The number of aryl methyl sites for hydroxylation is 1. The smallest absolute Gasteiger partial charge is 0.158 e. The van der Waals surface area contributed by atoms with Crippen molar-refractivity contribution >= 4 is 17.3 Å². The molecule has 0 bridgehead atoms. The van der Waals surface area contributed by atoms with Crippen molar-refractivity contribution < 1.29 is 4.74 Å². The van der Waals surface area contributed by atoms with E-state index in [-0.39, 0.29) is 11.8 Å². The highest BCUT2D eigenvalue weighted by Crippen LogP contribution is 2.19. The van der Waals surface area contributed by atoms with Gasteiger partial charge in [0.25, 0.3) is 0 Å². The third kappa shape index (κ3) is 4.59. The van der Waals surface area contributed by atoms with E-state index >= 15 is 0 Å². The minimum atomic E-state index is 0.132. The molecular formula is C16H20N8O. The molecule has 3 N–H and O–H groups in total. The van der Waals surface area contributed by atoms with E-state index in [1.807, 2.05) is 19.1 Å². The van der Waals surface area contributed by atoms with E-state index in [1.54, 1.807) is 0 Å². The standard InChI is InChI=1S/C16H20N8O/c1-2-13-14(20-9-12-8-18-3-4-25-12)5-15(24-23-13)22-16-10-19-11(6-17)7-21-16/h5,7,10,12,18H,2-4,8-9H2,1H3,(H2,20,21,22,24). The summed E-state index contributed by atoms with van der Waals surface area (Å²) < 4.78 is 5.70. The van der Waals surface area contributed by atoms with Crippen LogP contribution < -0.4 is 16.0 Å². The number of rotatable bonds is 6. The van der Waals surface area contributed by atoms with E-state index in [1.165, 1.54) is 12.4 Å². The van der Waals surface area contributed by atoms with Crippen LogP contribution in [0.1, 0.15) is 18.3 Å². The molecule has 130 valence electrons. The first kappa shape index (κ1) is 17.0. The van der Waals surface area contributed by atoms with Gasteiger partial charge in [0.15, 0.2) is 11.5 Å². The van der Waals surface area contributed by atoms with Gasteiger partial charge in [-0.2, -0.15) is 10.4 Å². The average molecular weight is 340 g/mol. The summed E-state index contributed by atoms with van der Waals surface area (Å²) in [5.41, 5.74) is 2.07. The molecule has 1 saturated heterocycles. The second-order valence-corrected chi connectivity index (χ2v) is 5.55. The Morgan fingerprint density at radius 1 is 1.32 bits per heavy atom. The molecule has 1 fully saturated rings. The van der Waals surface area contributed by atoms with Gasteiger partial charge in [0, 0.05) is 25.7 Å². The van der Waals surface area contributed by atoms with Crippen LogP contribution in [0.15, 0.2) is 18.5 Å². The molecular weight excluding hydrogens is 320 g/mol. The zero-order chi connectivity index (χ0) is 17.5. The van der Waals surface area contributed by atoms with Gasteiger partial charge in [-0.25, -0.2) is 9.97 Å². The van der Waals surface area contributed by atoms with E-state index in [0.717, 1.165) is 37.5 Å². The van der Waals surface area contributed by atoms with Gasteiger partial charge in [-0.15, -0.1) is 5.10 Å². The molecule has 1 unspecified atom stereocenters. The van der Waals surface area contributed by atoms with Gasteiger partial charge < -0.3 is 20.7 Å². The third-order valence-electron chi connectivity index (χ3n) is 3.75. The van der Waals surface area contributed by atoms with Crippen LogP contribution in [0.5, 0.6) is 0 Å². The number of morpholine rings is 1. The normalized spacial score (nSPS) is 16.9. The Labute approximate surface area is 145 Å². The fourth-order valence-corrected chi connectivity index (χ4v) is 2.45. The predicted molar refractivity (Wildman–Crippen MR) is 92.5 cm³/mol. The maximum Gasteiger partial charge on any atom is 0.158 e. The highest BCUT2D eigenvalue weighted by atomic mass is 16.5. The van der Waals surface area contributed by atoms with Gasteiger partial charge in [-0.3, -0.25) is 0 Å². The second kappa shape index (κ2) is 8.32. The fourth-order valence-electron chi connectivity index (χ4n) is 2.45. The van der Waals surface area contributed by atoms with Crippen LogP contribution in [0.3, 0.4) is 0 Å². The molecule has 0 saturated carbocycles. The molecule has 0 spiro atoms. The lowest BCUT2D eigenvalue weighted by atomic mass is 10.2. The van der Waals surface area contributed by atoms with Gasteiger partial charge in [0.1, 0.15) is 11.9 Å². The van der Waals surface area contributed by atoms with Crippen LogP contribution in [-0.4, -0.2) is 52.5 Å². The van der Waals surface area contributed by atoms with Crippen LogP contribution in [0, 0.1) is 11.3 Å². The Morgan fingerprint density at radius 2 is 2.24 bits per heavy atom. The molecule has 0 amide bonds. The largest absolute Gasteiger partial charge is 0.381 e. The van der Waals surface area contributed by atoms with Gasteiger partial charge >= 0.3 is 0 Å². The maximum atomic E-state index is 8.76. The third-order valence-corrected chi connectivity index (χ3v) is 3.75. The number of nitriles is 1. The van der Waals surface area contributed by atoms with Crippen molar-refractivity contribution in [2.24, 2.45) is 0 Å². The molecule has 2 aromatic rings. The summed E-state index contributed by atoms with van der Waals surface area (Å²) in [7, 11) is 0. The lowest BCUT2D eigenvalue weighted by Gasteiger charge is -2.24. The quantitative estimate of drug-likeness (QED) is 0.702. The molecule has 3 heterocycles. The summed E-state index contributed by atoms with van der Waals surface area (Å²) in [6, 6.07) is 3.82. The molecule has 9 nitrogen and oxygen atoms in total. The first-order valence-corrected chi connectivity index (χ1v) is 8.20. The summed E-state index contributed by atoms with van der Waals surface area (Å²) in [4.78, 5) is 8.10. The van der Waals surface area contributed by atoms with Crippen LogP contribution in [-0.2, 0) is 11.2 Å². The Bertz CT molecular complexity index is 737. The second-order valence-electron chi connectivity index (χ2n) is 5.55. The maximum absolute atomic E-state index is 8.76. The Morgan fingerprint density at radius 3 is 2.92 bits per heavy atom. The van der Waals surface area contributed by atoms with Crippen molar-refractivity contribution in [3.8, 4) is 6.07 Å². The van der Waals surface area contributed by atoms with Crippen LogP contribution in [0.2, 0.25) is 0 Å². The first-order valence-electron chi connectivity index (χ1n) is 8.20. The van der Waals surface area contributed by atoms with Gasteiger partial charge in [0.2, 0.25) is 0 Å². The van der Waals surface area contributed by atoms with Crippen LogP contribution in [0.4, 0.5) is 17.3 Å². The van der Waals surface area contributed by atoms with Gasteiger partial charge in [-0.05, 0) is 6.42 Å². The zero-order valence-corrected chi connectivity index (χ0v) is 14.0. The predicted octanol–water partition coefficient (Wildman–Crippen LogP) is 0.845. The van der Waals surface area contributed by atoms with Crippen molar-refractivity contribution in [3.63, 3.8) is 0 Å². The van der Waals surface area contributed by atoms with Crippen LogP contribution in [0.25, 0.3) is 0 Å². The van der Waals surface area contributed by atoms with Gasteiger partial charge in [-0.1, -0.05) is 6.92 Å². The first-order chi connectivity index (χ1) is 12.3. The van der Waals surface area contributed by atoms with Crippen molar-refractivity contribution in [1.82, 2.24) is 25.5 Å². The Kier molecular flexibility index (Phi) is 5.66. The van der Waals surface area contributed by atoms with E-state index in [0.29, 0.717) is 18.2 Å². The lowest BCUT2D eigenvalue weighted by molar-refractivity contribution is 0.0372. The monoisotopic (exact) mass is 340 g/mol. The molecule has 1 aliphatic rings. The van der Waals surface area contributed by atoms with Crippen molar-refractivity contribution in [2.45, 2.75) is 19.4 Å². The molecule has 0 aromatic carbocycles. The number of nitrogens with zero attached hydrogens (tertiary/aromatic N) is 5. The number of anilines is 3. The Balaban J connectivity index is 1.68. The van der Waals surface area contributed by atoms with Crippen molar-refractivity contribution in [1.29, 1.82) is 5.26 Å². The van der Waals surface area contributed by atoms with Crippen molar-refractivity contribution in [3.05, 3.63) is 29.8 Å². The molecule has 0 aliphatic carbocycles. The summed E-state index contributed by atoms with van der Waals surface area (Å²) in [5.74, 6) is 1.06. The van der Waals surface area contributed by atoms with E-state index in [2.05, 4.69) is 36.1 Å². The lowest BCUT2D eigenvalue weighted by Crippen LogP contribution is -2.42. The minimum Gasteiger partial charge on any atom is -0.381 e. The summed E-state index contributed by atoms with van der Waals surface area (Å²) in [6.45, 7) is 5.19. The average Bonchev–Trinajstić information content (AvgIpc) is 2.68. The summed E-state index contributed by atoms with van der Waals surface area (Å²) in [5, 5.41) is 26.9. The summed E-state index contributed by atoms with van der Waals surface area (Å²) in [6.07, 6.45) is 3.80. The fraction of sp³-hybridized carbons (Fsp3) is 0.438. The zero-order valence-electron chi connectivity index (χ0n) is 14.0. The molecule has 1 atom stereocenters. The van der Waals surface area contributed by atoms with E-state index in [4.69, 9.17) is 10.00 Å². The highest BCUT2D eigenvalue weighted by Gasteiger charge is 2.14. The van der Waals surface area contributed by atoms with Crippen LogP contribution >= 0.6 is 0 Å². The van der Waals surface area contributed by atoms with E-state index in [9.17, 15) is 0 Å². The molecule has 3 rings (SSSR count). The molecule has 9 heteroatoms. The minimum absolute atomic E-state index is 0.132. The number of ether oxygens (including phenoxy) is 1. The number of hydrogen-bond acceptors (Lipinski definition) is 9. The molecule has 0 radical (unpaired) electrons. The van der Waals surface area contributed by atoms with Gasteiger partial charge in [0.05, 0.1) is 36.5 Å². The Hall–Kier alpha value is -2.83. The topological polar surface area (TPSA) is 121 Å². The highest BCUT2D eigenvalue weighted by molar-refractivity contribution is 5.59. The molecule has 1 aliphatic heterocycles. The molecule has 2 aromatic heterocycles.